The van der Waals surface area contributed by atoms with Gasteiger partial charge in [0.2, 0.25) is 0 Å². The van der Waals surface area contributed by atoms with E-state index in [-0.39, 0.29) is 0 Å². The molecular formula is C58H35N3O. The molecule has 9 aromatic carbocycles. The highest BCUT2D eigenvalue weighted by Crippen LogP contribution is 2.62. The first kappa shape index (κ1) is 34.6. The first-order valence-corrected chi connectivity index (χ1v) is 21.1. The van der Waals surface area contributed by atoms with Gasteiger partial charge in [0.1, 0.15) is 11.5 Å². The summed E-state index contributed by atoms with van der Waals surface area (Å²) >= 11 is 0. The third-order valence-corrected chi connectivity index (χ3v) is 12.9. The number of hydrogen-bond acceptors (Lipinski definition) is 4. The van der Waals surface area contributed by atoms with Gasteiger partial charge < -0.3 is 4.74 Å². The fourth-order valence-corrected chi connectivity index (χ4v) is 10.2. The number of hydrogen-bond donors (Lipinski definition) is 0. The van der Waals surface area contributed by atoms with Gasteiger partial charge in [-0.25, -0.2) is 15.0 Å². The summed E-state index contributed by atoms with van der Waals surface area (Å²) in [4.78, 5) is 15.8. The first-order valence-electron chi connectivity index (χ1n) is 21.1. The Hall–Kier alpha value is -8.21. The Bertz CT molecular complexity index is 3550. The van der Waals surface area contributed by atoms with Crippen LogP contribution >= 0.6 is 0 Å². The molecule has 3 heterocycles. The number of nitrogens with zero attached hydrogens (tertiary/aromatic N) is 3. The van der Waals surface area contributed by atoms with Crippen molar-refractivity contribution in [2.75, 3.05) is 0 Å². The highest BCUT2D eigenvalue weighted by molar-refractivity contribution is 6.12. The second-order valence-corrected chi connectivity index (χ2v) is 16.2. The molecule has 288 valence electrons. The Morgan fingerprint density at radius 1 is 0.290 bits per heavy atom. The van der Waals surface area contributed by atoms with E-state index in [2.05, 4.69) is 176 Å². The molecule has 11 aromatic rings. The predicted molar refractivity (Wildman–Crippen MR) is 251 cm³/mol. The van der Waals surface area contributed by atoms with Gasteiger partial charge >= 0.3 is 0 Å². The molecule has 13 rings (SSSR count). The summed E-state index contributed by atoms with van der Waals surface area (Å²) in [6.45, 7) is 0. The molecule has 1 aliphatic heterocycles. The van der Waals surface area contributed by atoms with Crippen LogP contribution in [-0.2, 0) is 5.41 Å². The maximum atomic E-state index is 6.95. The maximum absolute atomic E-state index is 6.95. The van der Waals surface area contributed by atoms with Gasteiger partial charge in [0.05, 0.1) is 39.0 Å². The number of pyridine rings is 1. The normalized spacial score (nSPS) is 13.1. The molecule has 2 aliphatic rings. The molecule has 0 bridgehead atoms. The molecular weight excluding hydrogens is 755 g/mol. The number of benzene rings is 9. The van der Waals surface area contributed by atoms with E-state index in [1.807, 2.05) is 36.4 Å². The molecule has 0 unspecified atom stereocenters. The molecule has 0 fully saturated rings. The van der Waals surface area contributed by atoms with Crippen LogP contribution in [0.5, 0.6) is 11.5 Å². The molecule has 62 heavy (non-hydrogen) atoms. The topological polar surface area (TPSA) is 47.9 Å². The van der Waals surface area contributed by atoms with E-state index >= 15 is 0 Å². The first-order chi connectivity index (χ1) is 30.7. The van der Waals surface area contributed by atoms with Crippen LogP contribution < -0.4 is 4.74 Å². The fourth-order valence-electron chi connectivity index (χ4n) is 10.2. The zero-order valence-electron chi connectivity index (χ0n) is 33.5. The monoisotopic (exact) mass is 789 g/mol. The van der Waals surface area contributed by atoms with Crippen molar-refractivity contribution in [2.45, 2.75) is 5.41 Å². The molecule has 0 N–H and O–H groups in total. The zero-order chi connectivity index (χ0) is 40.8. The number of fused-ring (bicyclic) bond motifs is 13. The average molecular weight is 790 g/mol. The lowest BCUT2D eigenvalue weighted by molar-refractivity contribution is 0.437. The minimum absolute atomic E-state index is 0.549. The van der Waals surface area contributed by atoms with Gasteiger partial charge in [0.15, 0.2) is 0 Å². The molecule has 4 nitrogen and oxygen atoms in total. The summed E-state index contributed by atoms with van der Waals surface area (Å²) in [5.41, 5.74) is 17.4. The third-order valence-electron chi connectivity index (χ3n) is 12.9. The second kappa shape index (κ2) is 13.4. The smallest absolute Gasteiger partial charge is 0.132 e. The lowest BCUT2D eigenvalue weighted by atomic mass is 9.65. The van der Waals surface area contributed by atoms with Crippen molar-refractivity contribution in [1.82, 2.24) is 15.0 Å². The molecule has 0 amide bonds. The molecule has 4 heteroatoms. The van der Waals surface area contributed by atoms with E-state index in [0.29, 0.717) is 0 Å². The summed E-state index contributed by atoms with van der Waals surface area (Å²) in [5.74, 6) is 1.72. The van der Waals surface area contributed by atoms with Crippen LogP contribution in [0.1, 0.15) is 22.3 Å². The quantitative estimate of drug-likeness (QED) is 0.167. The minimum atomic E-state index is -0.549. The van der Waals surface area contributed by atoms with E-state index < -0.39 is 5.41 Å². The molecule has 0 atom stereocenters. The van der Waals surface area contributed by atoms with Crippen molar-refractivity contribution >= 4 is 32.7 Å². The van der Waals surface area contributed by atoms with Gasteiger partial charge in [0.25, 0.3) is 0 Å². The van der Waals surface area contributed by atoms with Crippen molar-refractivity contribution in [3.63, 3.8) is 0 Å². The van der Waals surface area contributed by atoms with Crippen LogP contribution in [0.2, 0.25) is 0 Å². The van der Waals surface area contributed by atoms with Gasteiger partial charge in [-0.1, -0.05) is 176 Å². The Morgan fingerprint density at radius 2 is 0.823 bits per heavy atom. The summed E-state index contributed by atoms with van der Waals surface area (Å²) < 4.78 is 6.95. The van der Waals surface area contributed by atoms with Crippen molar-refractivity contribution in [3.8, 4) is 67.5 Å². The molecule has 0 saturated heterocycles. The summed E-state index contributed by atoms with van der Waals surface area (Å²) in [6.07, 6.45) is 0. The molecule has 0 saturated carbocycles. The number of aromatic nitrogens is 3. The predicted octanol–water partition coefficient (Wildman–Crippen LogP) is 14.5. The van der Waals surface area contributed by atoms with E-state index in [9.17, 15) is 0 Å². The van der Waals surface area contributed by atoms with Crippen molar-refractivity contribution in [2.24, 2.45) is 0 Å². The number of ether oxygens (including phenoxy) is 1. The Kier molecular flexibility index (Phi) is 7.49. The molecule has 0 radical (unpaired) electrons. The Morgan fingerprint density at radius 3 is 1.53 bits per heavy atom. The highest BCUT2D eigenvalue weighted by atomic mass is 16.5. The summed E-state index contributed by atoms with van der Waals surface area (Å²) in [5, 5.41) is 3.31. The maximum Gasteiger partial charge on any atom is 0.132 e. The minimum Gasteiger partial charge on any atom is -0.457 e. The Balaban J connectivity index is 0.967. The largest absolute Gasteiger partial charge is 0.457 e. The highest BCUT2D eigenvalue weighted by Gasteiger charge is 2.51. The van der Waals surface area contributed by atoms with E-state index in [4.69, 9.17) is 19.7 Å². The van der Waals surface area contributed by atoms with E-state index in [1.165, 1.54) is 22.3 Å². The van der Waals surface area contributed by atoms with Crippen LogP contribution in [-0.4, -0.2) is 15.0 Å². The lowest BCUT2D eigenvalue weighted by Crippen LogP contribution is -2.32. The van der Waals surface area contributed by atoms with Crippen LogP contribution in [0.25, 0.3) is 88.7 Å². The Labute approximate surface area is 358 Å². The van der Waals surface area contributed by atoms with Gasteiger partial charge in [-0.3, -0.25) is 0 Å². The summed E-state index contributed by atoms with van der Waals surface area (Å²) in [7, 11) is 0. The van der Waals surface area contributed by atoms with Gasteiger partial charge in [-0.2, -0.15) is 0 Å². The standard InChI is InChI=1S/C58H35N3O/c1-3-15-37(16-4-1)56-57(38-17-5-2-6-18-38)61-52-33-40(31-32-51(52)60-56)36-27-29-39(30-28-36)55-45-35-54-49(34-44(45)43-21-9-13-25-50(43)59-55)58(48-24-12-14-26-53(48)62-54)46-22-10-7-19-41(46)42-20-8-11-23-47(42)58/h1-35H. The average Bonchev–Trinajstić information content (AvgIpc) is 3.64. The van der Waals surface area contributed by atoms with E-state index in [0.717, 1.165) is 100 Å². The van der Waals surface area contributed by atoms with Crippen LogP contribution in [0.3, 0.4) is 0 Å². The van der Waals surface area contributed by atoms with Gasteiger partial charge in [-0.05, 0) is 75.2 Å². The van der Waals surface area contributed by atoms with Crippen LogP contribution in [0.15, 0.2) is 212 Å². The number of rotatable bonds is 4. The van der Waals surface area contributed by atoms with Crippen molar-refractivity contribution < 1.29 is 4.74 Å². The fraction of sp³-hybridized carbons (Fsp3) is 0.0172. The van der Waals surface area contributed by atoms with Crippen molar-refractivity contribution in [3.05, 3.63) is 235 Å². The van der Waals surface area contributed by atoms with Crippen molar-refractivity contribution in [1.29, 1.82) is 0 Å². The molecule has 1 aliphatic carbocycles. The second-order valence-electron chi connectivity index (χ2n) is 16.2. The third kappa shape index (κ3) is 5.04. The number of para-hydroxylation sites is 2. The van der Waals surface area contributed by atoms with Crippen LogP contribution in [0, 0.1) is 0 Å². The molecule has 1 spiro atoms. The molecule has 2 aromatic heterocycles. The van der Waals surface area contributed by atoms with Crippen LogP contribution in [0.4, 0.5) is 0 Å². The SMILES string of the molecule is c1ccc(-c2nc3ccc(-c4ccc(-c5nc6ccccc6c6cc7c(cc56)Oc5ccccc5C75c6ccccc6-c6ccccc65)cc4)cc3nc2-c2ccccc2)cc1. The van der Waals surface area contributed by atoms with E-state index in [1.54, 1.807) is 0 Å². The van der Waals surface area contributed by atoms with Gasteiger partial charge in [-0.15, -0.1) is 0 Å². The zero-order valence-corrected chi connectivity index (χ0v) is 33.5. The van der Waals surface area contributed by atoms with Gasteiger partial charge in [0, 0.05) is 38.6 Å². The lowest BCUT2D eigenvalue weighted by Gasteiger charge is -2.39. The summed E-state index contributed by atoms with van der Waals surface area (Å²) in [6, 6.07) is 75.2.